The molecule has 3 rings (SSSR count). The fourth-order valence-corrected chi connectivity index (χ4v) is 3.06. The van der Waals surface area contributed by atoms with Crippen LogP contribution in [0.1, 0.15) is 16.8 Å². The number of benzene rings is 1. The van der Waals surface area contributed by atoms with Gasteiger partial charge >= 0.3 is 0 Å². The number of nitrogens with zero attached hydrogens (tertiary/aromatic N) is 4. The molecule has 0 saturated carbocycles. The van der Waals surface area contributed by atoms with Gasteiger partial charge in [-0.1, -0.05) is 47.6 Å². The van der Waals surface area contributed by atoms with Crippen molar-refractivity contribution in [3.63, 3.8) is 0 Å². The van der Waals surface area contributed by atoms with Crippen LogP contribution >= 0.6 is 23.4 Å². The second-order valence-corrected chi connectivity index (χ2v) is 6.82. The largest absolute Gasteiger partial charge is 0.289 e. The molecule has 128 valence electrons. The van der Waals surface area contributed by atoms with Crippen LogP contribution in [0.15, 0.2) is 66.2 Å². The lowest BCUT2D eigenvalue weighted by Gasteiger charge is -2.22. The van der Waals surface area contributed by atoms with E-state index in [2.05, 4.69) is 25.9 Å². The van der Waals surface area contributed by atoms with Gasteiger partial charge in [0.1, 0.15) is 0 Å². The van der Waals surface area contributed by atoms with Crippen molar-refractivity contribution >= 4 is 23.4 Å². The Kier molecular flexibility index (Phi) is 6.39. The van der Waals surface area contributed by atoms with Crippen LogP contribution in [0.5, 0.6) is 0 Å². The highest BCUT2D eigenvalue weighted by Crippen LogP contribution is 2.19. The lowest BCUT2D eigenvalue weighted by atomic mass is 10.2. The molecule has 0 unspecified atom stereocenters. The van der Waals surface area contributed by atoms with E-state index < -0.39 is 0 Å². The van der Waals surface area contributed by atoms with Crippen LogP contribution in [0.4, 0.5) is 0 Å². The molecule has 0 aliphatic rings. The summed E-state index contributed by atoms with van der Waals surface area (Å²) in [5.41, 5.74) is 3.19. The average molecular weight is 371 g/mol. The van der Waals surface area contributed by atoms with Gasteiger partial charge < -0.3 is 0 Å². The second kappa shape index (κ2) is 8.94. The Morgan fingerprint density at radius 1 is 0.920 bits per heavy atom. The molecule has 0 amide bonds. The summed E-state index contributed by atoms with van der Waals surface area (Å²) in [6.45, 7) is 2.20. The minimum atomic E-state index is 0.732. The fourth-order valence-electron chi connectivity index (χ4n) is 2.54. The summed E-state index contributed by atoms with van der Waals surface area (Å²) in [5.74, 6) is 0. The summed E-state index contributed by atoms with van der Waals surface area (Å²) >= 11 is 7.88. The maximum Gasteiger partial charge on any atom is 0.187 e. The molecule has 25 heavy (non-hydrogen) atoms. The van der Waals surface area contributed by atoms with E-state index in [-0.39, 0.29) is 0 Å². The zero-order chi connectivity index (χ0) is 17.5. The van der Waals surface area contributed by atoms with E-state index in [4.69, 9.17) is 11.6 Å². The van der Waals surface area contributed by atoms with E-state index in [1.165, 1.54) is 0 Å². The van der Waals surface area contributed by atoms with E-state index >= 15 is 0 Å². The lowest BCUT2D eigenvalue weighted by Crippen LogP contribution is -2.23. The molecule has 0 atom stereocenters. The Balaban J connectivity index is 1.79. The van der Waals surface area contributed by atoms with Crippen molar-refractivity contribution in [1.29, 1.82) is 0 Å². The Morgan fingerprint density at radius 3 is 2.36 bits per heavy atom. The number of rotatable bonds is 7. The molecule has 0 N–H and O–H groups in total. The summed E-state index contributed by atoms with van der Waals surface area (Å²) < 4.78 is 0. The third-order valence-corrected chi connectivity index (χ3v) is 4.68. The highest BCUT2D eigenvalue weighted by molar-refractivity contribution is 7.98. The smallest absolute Gasteiger partial charge is 0.187 e. The molecule has 0 aliphatic carbocycles. The van der Waals surface area contributed by atoms with Crippen molar-refractivity contribution in [1.82, 2.24) is 19.9 Å². The summed E-state index contributed by atoms with van der Waals surface area (Å²) in [6.07, 6.45) is 7.56. The van der Waals surface area contributed by atoms with Crippen LogP contribution in [-0.2, 0) is 19.6 Å². The van der Waals surface area contributed by atoms with E-state index in [9.17, 15) is 0 Å². The minimum absolute atomic E-state index is 0.732. The maximum absolute atomic E-state index is 6.34. The molecule has 0 saturated heterocycles. The highest BCUT2D eigenvalue weighted by Gasteiger charge is 2.11. The molecular formula is C19H19ClN4S. The molecular weight excluding hydrogens is 352 g/mol. The SMILES string of the molecule is CSc1ncc(CN(Cc2ccccn2)Cc2ccccc2Cl)cn1. The first-order valence-electron chi connectivity index (χ1n) is 7.95. The molecule has 2 heterocycles. The van der Waals surface area contributed by atoms with Gasteiger partial charge in [0, 0.05) is 48.8 Å². The lowest BCUT2D eigenvalue weighted by molar-refractivity contribution is 0.244. The first kappa shape index (κ1) is 17.9. The predicted molar refractivity (Wildman–Crippen MR) is 102 cm³/mol. The molecule has 0 aliphatic heterocycles. The topological polar surface area (TPSA) is 41.9 Å². The number of hydrogen-bond donors (Lipinski definition) is 0. The molecule has 3 aromatic rings. The minimum Gasteiger partial charge on any atom is -0.289 e. The molecule has 6 heteroatoms. The van der Waals surface area contributed by atoms with Crippen molar-refractivity contribution in [3.8, 4) is 0 Å². The molecule has 0 fully saturated rings. The van der Waals surface area contributed by atoms with Crippen LogP contribution in [0.2, 0.25) is 5.02 Å². The van der Waals surface area contributed by atoms with Gasteiger partial charge in [-0.3, -0.25) is 9.88 Å². The van der Waals surface area contributed by atoms with Gasteiger partial charge in [-0.05, 0) is 30.0 Å². The predicted octanol–water partition coefficient (Wildman–Crippen LogP) is 4.45. The molecule has 0 spiro atoms. The highest BCUT2D eigenvalue weighted by atomic mass is 35.5. The van der Waals surface area contributed by atoms with Crippen molar-refractivity contribution in [2.75, 3.05) is 6.26 Å². The monoisotopic (exact) mass is 370 g/mol. The third-order valence-electron chi connectivity index (χ3n) is 3.73. The molecule has 0 bridgehead atoms. The van der Waals surface area contributed by atoms with Crippen LogP contribution in [0, 0.1) is 0 Å². The Bertz CT molecular complexity index is 796. The molecule has 2 aromatic heterocycles. The molecule has 4 nitrogen and oxygen atoms in total. The van der Waals surface area contributed by atoms with Crippen molar-refractivity contribution in [2.45, 2.75) is 24.8 Å². The number of thioether (sulfide) groups is 1. The number of hydrogen-bond acceptors (Lipinski definition) is 5. The summed E-state index contributed by atoms with van der Waals surface area (Å²) in [6, 6.07) is 13.9. The Hall–Kier alpha value is -1.95. The normalized spacial score (nSPS) is 11.0. The van der Waals surface area contributed by atoms with Gasteiger partial charge in [-0.2, -0.15) is 0 Å². The maximum atomic E-state index is 6.34. The van der Waals surface area contributed by atoms with E-state index in [1.54, 1.807) is 11.8 Å². The summed E-state index contributed by atoms with van der Waals surface area (Å²) in [7, 11) is 0. The Morgan fingerprint density at radius 2 is 1.68 bits per heavy atom. The first-order valence-corrected chi connectivity index (χ1v) is 9.55. The van der Waals surface area contributed by atoms with Crippen molar-refractivity contribution in [3.05, 3.63) is 82.9 Å². The standard InChI is InChI=1S/C19H19ClN4S/c1-25-19-22-10-15(11-23-19)12-24(14-17-7-4-5-9-21-17)13-16-6-2-3-8-18(16)20/h2-11H,12-14H2,1H3. The van der Waals surface area contributed by atoms with E-state index in [0.29, 0.717) is 0 Å². The third kappa shape index (κ3) is 5.26. The fraction of sp³-hybridized carbons (Fsp3) is 0.211. The Labute approximate surface area is 157 Å². The first-order chi connectivity index (χ1) is 12.2. The van der Waals surface area contributed by atoms with E-state index in [1.807, 2.05) is 61.2 Å². The van der Waals surface area contributed by atoms with Gasteiger partial charge in [0.25, 0.3) is 0 Å². The number of halogens is 1. The van der Waals surface area contributed by atoms with Crippen LogP contribution in [0.25, 0.3) is 0 Å². The quantitative estimate of drug-likeness (QED) is 0.454. The summed E-state index contributed by atoms with van der Waals surface area (Å²) in [5, 5.41) is 1.56. The second-order valence-electron chi connectivity index (χ2n) is 5.64. The van der Waals surface area contributed by atoms with Crippen LogP contribution in [0.3, 0.4) is 0 Å². The van der Waals surface area contributed by atoms with Crippen molar-refractivity contribution in [2.24, 2.45) is 0 Å². The van der Waals surface area contributed by atoms with Gasteiger partial charge in [-0.25, -0.2) is 9.97 Å². The van der Waals surface area contributed by atoms with Gasteiger partial charge in [0.2, 0.25) is 0 Å². The summed E-state index contributed by atoms with van der Waals surface area (Å²) in [4.78, 5) is 15.5. The molecule has 1 aromatic carbocycles. The average Bonchev–Trinajstić information content (AvgIpc) is 2.65. The van der Waals surface area contributed by atoms with Crippen molar-refractivity contribution < 1.29 is 0 Å². The van der Waals surface area contributed by atoms with Gasteiger partial charge in [0.05, 0.1) is 5.69 Å². The van der Waals surface area contributed by atoms with Crippen LogP contribution < -0.4 is 0 Å². The van der Waals surface area contributed by atoms with E-state index in [0.717, 1.165) is 46.6 Å². The molecule has 0 radical (unpaired) electrons. The van der Waals surface area contributed by atoms with Crippen LogP contribution in [-0.4, -0.2) is 26.1 Å². The van der Waals surface area contributed by atoms with Gasteiger partial charge in [0.15, 0.2) is 5.16 Å². The number of aromatic nitrogens is 3. The number of pyridine rings is 1. The van der Waals surface area contributed by atoms with Gasteiger partial charge in [-0.15, -0.1) is 0 Å². The zero-order valence-electron chi connectivity index (χ0n) is 14.0. The zero-order valence-corrected chi connectivity index (χ0v) is 15.5.